The van der Waals surface area contributed by atoms with Gasteiger partial charge in [-0.2, -0.15) is 0 Å². The highest BCUT2D eigenvalue weighted by molar-refractivity contribution is 5.85. The maximum atomic E-state index is 10.7. The summed E-state index contributed by atoms with van der Waals surface area (Å²) in [6, 6.07) is 4.35. The Hall–Kier alpha value is -2.70. The average Bonchev–Trinajstić information content (AvgIpc) is 2.78. The van der Waals surface area contributed by atoms with Gasteiger partial charge in [0.15, 0.2) is 5.69 Å². The molecule has 18 heavy (non-hydrogen) atoms. The molecule has 0 aliphatic rings. The van der Waals surface area contributed by atoms with E-state index in [0.717, 1.165) is 0 Å². The SMILES string of the molecule is Cc1cc([N+](=O)[O-])ccc1-n1cnc(C(=O)O)c1. The molecule has 0 radical (unpaired) electrons. The second-order valence-corrected chi connectivity index (χ2v) is 3.70. The Bertz CT molecular complexity index is 633. The lowest BCUT2D eigenvalue weighted by Gasteiger charge is -2.05. The van der Waals surface area contributed by atoms with Crippen LogP contribution in [-0.4, -0.2) is 25.6 Å². The van der Waals surface area contributed by atoms with E-state index in [1.165, 1.54) is 29.2 Å². The summed E-state index contributed by atoms with van der Waals surface area (Å²) < 4.78 is 1.52. The zero-order valence-electron chi connectivity index (χ0n) is 9.40. The first-order valence-electron chi connectivity index (χ1n) is 5.02. The molecule has 0 aliphatic heterocycles. The van der Waals surface area contributed by atoms with E-state index in [1.54, 1.807) is 13.0 Å². The zero-order chi connectivity index (χ0) is 13.3. The van der Waals surface area contributed by atoms with E-state index in [-0.39, 0.29) is 11.4 Å². The first-order chi connectivity index (χ1) is 8.49. The first kappa shape index (κ1) is 11.8. The maximum absolute atomic E-state index is 10.7. The third-order valence-electron chi connectivity index (χ3n) is 2.47. The summed E-state index contributed by atoms with van der Waals surface area (Å²) in [6.07, 6.45) is 2.72. The van der Waals surface area contributed by atoms with Gasteiger partial charge in [-0.15, -0.1) is 0 Å². The van der Waals surface area contributed by atoms with Gasteiger partial charge in [0.1, 0.15) is 6.33 Å². The van der Waals surface area contributed by atoms with Crippen molar-refractivity contribution in [2.24, 2.45) is 0 Å². The molecule has 0 aliphatic carbocycles. The fraction of sp³-hybridized carbons (Fsp3) is 0.0909. The topological polar surface area (TPSA) is 98.3 Å². The Labute approximate surface area is 101 Å². The highest BCUT2D eigenvalue weighted by Gasteiger charge is 2.11. The van der Waals surface area contributed by atoms with Crippen molar-refractivity contribution in [1.29, 1.82) is 0 Å². The number of hydrogen-bond donors (Lipinski definition) is 1. The van der Waals surface area contributed by atoms with Crippen molar-refractivity contribution in [1.82, 2.24) is 9.55 Å². The van der Waals surface area contributed by atoms with Gasteiger partial charge >= 0.3 is 5.97 Å². The quantitative estimate of drug-likeness (QED) is 0.658. The Morgan fingerprint density at radius 1 is 1.50 bits per heavy atom. The van der Waals surface area contributed by atoms with E-state index < -0.39 is 10.9 Å². The van der Waals surface area contributed by atoms with Gasteiger partial charge in [0, 0.05) is 24.0 Å². The molecule has 0 saturated carbocycles. The van der Waals surface area contributed by atoms with Gasteiger partial charge in [0.2, 0.25) is 0 Å². The number of carboxylic acids is 1. The van der Waals surface area contributed by atoms with E-state index in [1.807, 2.05) is 0 Å². The van der Waals surface area contributed by atoms with Crippen LogP contribution in [0.5, 0.6) is 0 Å². The summed E-state index contributed by atoms with van der Waals surface area (Å²) in [5.74, 6) is -1.12. The molecule has 0 unspecified atom stereocenters. The molecule has 7 heteroatoms. The largest absolute Gasteiger partial charge is 0.476 e. The molecule has 0 saturated heterocycles. The molecule has 0 fully saturated rings. The van der Waals surface area contributed by atoms with Crippen LogP contribution in [0, 0.1) is 17.0 Å². The van der Waals surface area contributed by atoms with Gasteiger partial charge in [-0.3, -0.25) is 10.1 Å². The van der Waals surface area contributed by atoms with E-state index in [2.05, 4.69) is 4.98 Å². The van der Waals surface area contributed by atoms with Gasteiger partial charge in [-0.25, -0.2) is 9.78 Å². The Kier molecular flexibility index (Phi) is 2.80. The molecule has 2 aromatic rings. The average molecular weight is 247 g/mol. The van der Waals surface area contributed by atoms with Crippen LogP contribution in [0.3, 0.4) is 0 Å². The van der Waals surface area contributed by atoms with Crippen LogP contribution in [0.25, 0.3) is 5.69 Å². The van der Waals surface area contributed by atoms with Crippen LogP contribution < -0.4 is 0 Å². The third kappa shape index (κ3) is 2.05. The number of carboxylic acid groups (broad SMARTS) is 1. The highest BCUT2D eigenvalue weighted by atomic mass is 16.6. The first-order valence-corrected chi connectivity index (χ1v) is 5.02. The molecule has 1 N–H and O–H groups in total. The molecular formula is C11H9N3O4. The van der Waals surface area contributed by atoms with Crippen molar-refractivity contribution in [3.05, 3.63) is 52.1 Å². The number of aromatic nitrogens is 2. The maximum Gasteiger partial charge on any atom is 0.356 e. The van der Waals surface area contributed by atoms with Crippen LogP contribution in [0.1, 0.15) is 16.1 Å². The summed E-state index contributed by atoms with van der Waals surface area (Å²) in [5.41, 5.74) is 1.24. The smallest absolute Gasteiger partial charge is 0.356 e. The standard InChI is InChI=1S/C11H9N3O4/c1-7-4-8(14(17)18)2-3-10(7)13-5-9(11(15)16)12-6-13/h2-6H,1H3,(H,15,16). The van der Waals surface area contributed by atoms with Crippen molar-refractivity contribution in [2.75, 3.05) is 0 Å². The predicted molar refractivity (Wildman–Crippen MR) is 61.9 cm³/mol. The number of nitro groups is 1. The minimum Gasteiger partial charge on any atom is -0.476 e. The van der Waals surface area contributed by atoms with Crippen LogP contribution in [0.15, 0.2) is 30.7 Å². The molecule has 0 spiro atoms. The lowest BCUT2D eigenvalue weighted by molar-refractivity contribution is -0.384. The number of imidazole rings is 1. The number of rotatable bonds is 3. The van der Waals surface area contributed by atoms with E-state index in [0.29, 0.717) is 11.3 Å². The number of nitro benzene ring substituents is 1. The highest BCUT2D eigenvalue weighted by Crippen LogP contribution is 2.20. The lowest BCUT2D eigenvalue weighted by Crippen LogP contribution is -1.97. The second kappa shape index (κ2) is 4.28. The Morgan fingerprint density at radius 2 is 2.22 bits per heavy atom. The van der Waals surface area contributed by atoms with Gasteiger partial charge in [0.05, 0.1) is 4.92 Å². The van der Waals surface area contributed by atoms with Gasteiger partial charge in [-0.05, 0) is 18.6 Å². The van der Waals surface area contributed by atoms with Gasteiger partial charge in [0.25, 0.3) is 5.69 Å². The summed E-state index contributed by atoms with van der Waals surface area (Å²) in [5, 5.41) is 19.4. The lowest BCUT2D eigenvalue weighted by atomic mass is 10.2. The fourth-order valence-electron chi connectivity index (χ4n) is 1.61. The molecule has 92 valence electrons. The number of carbonyl (C=O) groups is 1. The predicted octanol–water partition coefficient (Wildman–Crippen LogP) is 1.79. The molecule has 1 aromatic carbocycles. The van der Waals surface area contributed by atoms with Crippen molar-refractivity contribution in [2.45, 2.75) is 6.92 Å². The van der Waals surface area contributed by atoms with E-state index in [4.69, 9.17) is 5.11 Å². The Balaban J connectivity index is 2.44. The summed E-state index contributed by atoms with van der Waals surface area (Å²) in [7, 11) is 0. The minimum absolute atomic E-state index is 0.00479. The monoisotopic (exact) mass is 247 g/mol. The molecule has 7 nitrogen and oxygen atoms in total. The molecule has 1 aromatic heterocycles. The van der Waals surface area contributed by atoms with Crippen LogP contribution in [0.4, 0.5) is 5.69 Å². The van der Waals surface area contributed by atoms with Crippen LogP contribution in [0.2, 0.25) is 0 Å². The fourth-order valence-corrected chi connectivity index (χ4v) is 1.61. The normalized spacial score (nSPS) is 10.3. The Morgan fingerprint density at radius 3 is 2.72 bits per heavy atom. The summed E-state index contributed by atoms with van der Waals surface area (Å²) in [4.78, 5) is 24.6. The molecule has 0 atom stereocenters. The van der Waals surface area contributed by atoms with Crippen LogP contribution >= 0.6 is 0 Å². The molecular weight excluding hydrogens is 238 g/mol. The van der Waals surface area contributed by atoms with Crippen molar-refractivity contribution in [3.63, 3.8) is 0 Å². The summed E-state index contributed by atoms with van der Waals surface area (Å²) in [6.45, 7) is 1.71. The number of aromatic carboxylic acids is 1. The zero-order valence-corrected chi connectivity index (χ0v) is 9.40. The second-order valence-electron chi connectivity index (χ2n) is 3.70. The third-order valence-corrected chi connectivity index (χ3v) is 2.47. The number of benzene rings is 1. The molecule has 0 bridgehead atoms. The molecule has 2 rings (SSSR count). The number of hydrogen-bond acceptors (Lipinski definition) is 4. The van der Waals surface area contributed by atoms with Crippen molar-refractivity contribution >= 4 is 11.7 Å². The van der Waals surface area contributed by atoms with E-state index in [9.17, 15) is 14.9 Å². The van der Waals surface area contributed by atoms with Gasteiger partial charge in [-0.1, -0.05) is 0 Å². The molecule has 0 amide bonds. The van der Waals surface area contributed by atoms with Crippen LogP contribution in [-0.2, 0) is 0 Å². The number of non-ortho nitro benzene ring substituents is 1. The van der Waals surface area contributed by atoms with Crippen molar-refractivity contribution < 1.29 is 14.8 Å². The number of aryl methyl sites for hydroxylation is 1. The van der Waals surface area contributed by atoms with Gasteiger partial charge < -0.3 is 9.67 Å². The number of nitrogens with zero attached hydrogens (tertiary/aromatic N) is 3. The minimum atomic E-state index is -1.12. The van der Waals surface area contributed by atoms with Crippen molar-refractivity contribution in [3.8, 4) is 5.69 Å². The summed E-state index contributed by atoms with van der Waals surface area (Å²) >= 11 is 0. The molecule has 1 heterocycles. The van der Waals surface area contributed by atoms with E-state index >= 15 is 0 Å².